The van der Waals surface area contributed by atoms with Crippen LogP contribution in [0.2, 0.25) is 0 Å². The number of hydrogen-bond donors (Lipinski definition) is 2. The maximum atomic E-state index is 11.6. The highest BCUT2D eigenvalue weighted by Gasteiger charge is 2.10. The minimum absolute atomic E-state index is 0.0399. The topological polar surface area (TPSA) is 108 Å². The first-order valence-electron chi connectivity index (χ1n) is 5.75. The molecular formula is C12H14N4O3. The summed E-state index contributed by atoms with van der Waals surface area (Å²) in [6.45, 7) is 1.87. The third-order valence-electron chi connectivity index (χ3n) is 2.50. The number of nitriles is 1. The van der Waals surface area contributed by atoms with Crippen LogP contribution in [-0.4, -0.2) is 17.0 Å². The van der Waals surface area contributed by atoms with Crippen LogP contribution in [0.3, 0.4) is 0 Å². The molecule has 19 heavy (non-hydrogen) atoms. The highest BCUT2D eigenvalue weighted by molar-refractivity contribution is 5.89. The molecule has 0 aliphatic carbocycles. The summed E-state index contributed by atoms with van der Waals surface area (Å²) < 4.78 is 0. The molecule has 0 heterocycles. The van der Waals surface area contributed by atoms with Gasteiger partial charge < -0.3 is 10.6 Å². The number of carbonyl (C=O) groups excluding carboxylic acids is 1. The zero-order valence-corrected chi connectivity index (χ0v) is 10.4. The number of hydrogen-bond acceptors (Lipinski definition) is 4. The molecule has 0 fully saturated rings. The predicted octanol–water partition coefficient (Wildman–Crippen LogP) is 2.41. The van der Waals surface area contributed by atoms with E-state index in [1.54, 1.807) is 0 Å². The van der Waals surface area contributed by atoms with E-state index in [9.17, 15) is 14.9 Å². The number of amides is 2. The van der Waals surface area contributed by atoms with Gasteiger partial charge in [0.1, 0.15) is 0 Å². The van der Waals surface area contributed by atoms with Gasteiger partial charge >= 0.3 is 6.03 Å². The molecule has 2 N–H and O–H groups in total. The number of nitrogens with one attached hydrogen (secondary N) is 2. The number of urea groups is 1. The van der Waals surface area contributed by atoms with Crippen LogP contribution in [0, 0.1) is 21.4 Å². The second-order valence-electron chi connectivity index (χ2n) is 3.87. The smallest absolute Gasteiger partial charge is 0.319 e. The quantitative estimate of drug-likeness (QED) is 0.627. The SMILES string of the molecule is CCC(CC#N)NC(=O)Nc1ccc([N+](=O)[O-])cc1. The van der Waals surface area contributed by atoms with Crippen LogP contribution in [0.25, 0.3) is 0 Å². The number of rotatable bonds is 5. The molecule has 1 unspecified atom stereocenters. The van der Waals surface area contributed by atoms with Crippen molar-refractivity contribution < 1.29 is 9.72 Å². The van der Waals surface area contributed by atoms with E-state index in [1.165, 1.54) is 24.3 Å². The Hall–Kier alpha value is -2.62. The molecule has 0 aliphatic rings. The predicted molar refractivity (Wildman–Crippen MR) is 69.6 cm³/mol. The number of nitro groups is 1. The molecule has 0 radical (unpaired) electrons. The first-order valence-corrected chi connectivity index (χ1v) is 5.75. The van der Waals surface area contributed by atoms with Crippen molar-refractivity contribution in [3.8, 4) is 6.07 Å². The Labute approximate surface area is 110 Å². The second-order valence-corrected chi connectivity index (χ2v) is 3.87. The number of carbonyl (C=O) groups is 1. The van der Waals surface area contributed by atoms with Crippen LogP contribution in [0.5, 0.6) is 0 Å². The van der Waals surface area contributed by atoms with Gasteiger partial charge in [0.25, 0.3) is 5.69 Å². The molecule has 0 spiro atoms. The average Bonchev–Trinajstić information content (AvgIpc) is 2.38. The van der Waals surface area contributed by atoms with E-state index >= 15 is 0 Å². The zero-order chi connectivity index (χ0) is 14.3. The van der Waals surface area contributed by atoms with E-state index in [2.05, 4.69) is 10.6 Å². The van der Waals surface area contributed by atoms with Crippen molar-refractivity contribution >= 4 is 17.4 Å². The fourth-order valence-corrected chi connectivity index (χ4v) is 1.43. The Morgan fingerprint density at radius 1 is 1.47 bits per heavy atom. The van der Waals surface area contributed by atoms with Crippen molar-refractivity contribution in [2.75, 3.05) is 5.32 Å². The monoisotopic (exact) mass is 262 g/mol. The van der Waals surface area contributed by atoms with Gasteiger partial charge in [-0.05, 0) is 18.6 Å². The van der Waals surface area contributed by atoms with E-state index in [0.29, 0.717) is 12.1 Å². The van der Waals surface area contributed by atoms with Gasteiger partial charge in [-0.2, -0.15) is 5.26 Å². The van der Waals surface area contributed by atoms with Crippen LogP contribution in [0.15, 0.2) is 24.3 Å². The molecule has 0 saturated heterocycles. The number of nitro benzene ring substituents is 1. The Balaban J connectivity index is 2.57. The van der Waals surface area contributed by atoms with Crippen LogP contribution >= 0.6 is 0 Å². The van der Waals surface area contributed by atoms with Crippen LogP contribution in [0.1, 0.15) is 19.8 Å². The van der Waals surface area contributed by atoms with Crippen molar-refractivity contribution in [2.24, 2.45) is 0 Å². The molecule has 1 atom stereocenters. The van der Waals surface area contributed by atoms with Crippen LogP contribution in [0.4, 0.5) is 16.2 Å². The standard InChI is InChI=1S/C12H14N4O3/c1-2-9(7-8-13)14-12(17)15-10-3-5-11(6-4-10)16(18)19/h3-6,9H,2,7H2,1H3,(H2,14,15,17). The second kappa shape index (κ2) is 6.96. The lowest BCUT2D eigenvalue weighted by atomic mass is 10.2. The van der Waals surface area contributed by atoms with E-state index in [1.807, 2.05) is 13.0 Å². The van der Waals surface area contributed by atoms with Gasteiger partial charge in [-0.25, -0.2) is 4.79 Å². The summed E-state index contributed by atoms with van der Waals surface area (Å²) in [6.07, 6.45) is 0.894. The van der Waals surface area contributed by atoms with Crippen LogP contribution < -0.4 is 10.6 Å². The third-order valence-corrected chi connectivity index (χ3v) is 2.50. The maximum Gasteiger partial charge on any atom is 0.319 e. The minimum atomic E-state index is -0.510. The number of nitrogens with zero attached hydrogens (tertiary/aromatic N) is 2. The molecule has 1 rings (SSSR count). The summed E-state index contributed by atoms with van der Waals surface area (Å²) in [4.78, 5) is 21.6. The maximum absolute atomic E-state index is 11.6. The largest absolute Gasteiger partial charge is 0.334 e. The van der Waals surface area contributed by atoms with E-state index in [-0.39, 0.29) is 18.2 Å². The Morgan fingerprint density at radius 2 is 2.11 bits per heavy atom. The summed E-state index contributed by atoms with van der Waals surface area (Å²) in [5, 5.41) is 24.2. The molecule has 0 aromatic heterocycles. The molecule has 1 aromatic rings. The van der Waals surface area contributed by atoms with E-state index in [4.69, 9.17) is 5.26 Å². The summed E-state index contributed by atoms with van der Waals surface area (Å²) in [5.41, 5.74) is 0.414. The minimum Gasteiger partial charge on any atom is -0.334 e. The zero-order valence-electron chi connectivity index (χ0n) is 10.4. The average molecular weight is 262 g/mol. The van der Waals surface area contributed by atoms with Crippen molar-refractivity contribution in [1.82, 2.24) is 5.32 Å². The van der Waals surface area contributed by atoms with Crippen molar-refractivity contribution in [3.05, 3.63) is 34.4 Å². The Bertz CT molecular complexity index is 493. The van der Waals surface area contributed by atoms with Crippen molar-refractivity contribution in [1.29, 1.82) is 5.26 Å². The van der Waals surface area contributed by atoms with Gasteiger partial charge in [0.05, 0.1) is 17.4 Å². The lowest BCUT2D eigenvalue weighted by molar-refractivity contribution is -0.384. The molecule has 7 heteroatoms. The molecule has 1 aromatic carbocycles. The Kier molecular flexibility index (Phi) is 5.29. The number of anilines is 1. The summed E-state index contributed by atoms with van der Waals surface area (Å²) in [7, 11) is 0. The highest BCUT2D eigenvalue weighted by Crippen LogP contribution is 2.15. The van der Waals surface area contributed by atoms with Crippen molar-refractivity contribution in [3.63, 3.8) is 0 Å². The number of non-ortho nitro benzene ring substituents is 1. The Morgan fingerprint density at radius 3 is 2.58 bits per heavy atom. The third kappa shape index (κ3) is 4.63. The molecule has 0 saturated carbocycles. The van der Waals surface area contributed by atoms with E-state index in [0.717, 1.165) is 0 Å². The lowest BCUT2D eigenvalue weighted by Crippen LogP contribution is -2.37. The van der Waals surface area contributed by atoms with Crippen LogP contribution in [-0.2, 0) is 0 Å². The molecule has 0 bridgehead atoms. The van der Waals surface area contributed by atoms with Crippen molar-refractivity contribution in [2.45, 2.75) is 25.8 Å². The number of benzene rings is 1. The lowest BCUT2D eigenvalue weighted by Gasteiger charge is -2.14. The summed E-state index contributed by atoms with van der Waals surface area (Å²) in [5.74, 6) is 0. The first-order chi connectivity index (χ1) is 9.06. The molecule has 7 nitrogen and oxygen atoms in total. The fourth-order valence-electron chi connectivity index (χ4n) is 1.43. The van der Waals surface area contributed by atoms with E-state index < -0.39 is 11.0 Å². The fraction of sp³-hybridized carbons (Fsp3) is 0.333. The molecule has 2 amide bonds. The normalized spacial score (nSPS) is 11.2. The molecule has 100 valence electrons. The van der Waals surface area contributed by atoms with Gasteiger partial charge in [0.2, 0.25) is 0 Å². The summed E-state index contributed by atoms with van der Waals surface area (Å²) in [6, 6.07) is 6.86. The van der Waals surface area contributed by atoms with Gasteiger partial charge in [-0.3, -0.25) is 10.1 Å². The highest BCUT2D eigenvalue weighted by atomic mass is 16.6. The molecular weight excluding hydrogens is 248 g/mol. The summed E-state index contributed by atoms with van der Waals surface area (Å²) >= 11 is 0. The van der Waals surface area contributed by atoms with Gasteiger partial charge in [-0.15, -0.1) is 0 Å². The molecule has 0 aliphatic heterocycles. The van der Waals surface area contributed by atoms with Gasteiger partial charge in [0.15, 0.2) is 0 Å². The first kappa shape index (κ1) is 14.4. The van der Waals surface area contributed by atoms with Gasteiger partial charge in [-0.1, -0.05) is 6.92 Å². The van der Waals surface area contributed by atoms with Gasteiger partial charge in [0, 0.05) is 23.9 Å².